The minimum Gasteiger partial charge on any atom is -0.340 e. The topological polar surface area (TPSA) is 50.6 Å². The predicted octanol–water partition coefficient (Wildman–Crippen LogP) is 0.383. The van der Waals surface area contributed by atoms with Gasteiger partial charge in [-0.05, 0) is 34.5 Å². The smallest absolute Gasteiger partial charge is 0.241 e. The fraction of sp³-hybridized carbons (Fsp3) is 0.846. The lowest BCUT2D eigenvalue weighted by atomic mass is 10.1. The van der Waals surface area contributed by atoms with E-state index in [1.807, 2.05) is 30.9 Å². The van der Waals surface area contributed by atoms with Crippen LogP contribution >= 0.6 is 0 Å². The van der Waals surface area contributed by atoms with Crippen LogP contribution in [0.3, 0.4) is 0 Å². The van der Waals surface area contributed by atoms with Crippen molar-refractivity contribution in [2.75, 3.05) is 40.8 Å². The molecule has 1 aliphatic rings. The molecule has 0 aromatic heterocycles. The van der Waals surface area contributed by atoms with E-state index in [2.05, 4.69) is 17.9 Å². The van der Waals surface area contributed by atoms with Crippen molar-refractivity contribution in [2.24, 2.45) is 0 Å². The van der Waals surface area contributed by atoms with Gasteiger partial charge in [-0.3, -0.25) is 9.69 Å². The second kappa shape index (κ2) is 6.72. The molecule has 0 radical (unpaired) electrons. The highest BCUT2D eigenvalue weighted by Crippen LogP contribution is 2.17. The van der Waals surface area contributed by atoms with Crippen molar-refractivity contribution in [3.8, 4) is 6.07 Å². The third-order valence-corrected chi connectivity index (χ3v) is 3.70. The summed E-state index contributed by atoms with van der Waals surface area (Å²) >= 11 is 0. The summed E-state index contributed by atoms with van der Waals surface area (Å²) < 4.78 is 0. The Hall–Kier alpha value is -1.12. The molecular formula is C13H24N4O. The minimum atomic E-state index is -0.283. The Morgan fingerprint density at radius 2 is 2.17 bits per heavy atom. The van der Waals surface area contributed by atoms with Crippen LogP contribution in [0.5, 0.6) is 0 Å². The molecule has 18 heavy (non-hydrogen) atoms. The van der Waals surface area contributed by atoms with Gasteiger partial charge in [0.1, 0.15) is 6.04 Å². The first-order valence-electron chi connectivity index (χ1n) is 6.49. The molecule has 0 saturated carbocycles. The van der Waals surface area contributed by atoms with Gasteiger partial charge in [-0.25, -0.2) is 0 Å². The van der Waals surface area contributed by atoms with Crippen LogP contribution < -0.4 is 0 Å². The van der Waals surface area contributed by atoms with E-state index >= 15 is 0 Å². The molecule has 2 atom stereocenters. The van der Waals surface area contributed by atoms with Gasteiger partial charge < -0.3 is 9.80 Å². The van der Waals surface area contributed by atoms with Crippen LogP contribution in [0.15, 0.2) is 0 Å². The lowest BCUT2D eigenvalue weighted by Gasteiger charge is -2.29. The maximum Gasteiger partial charge on any atom is 0.241 e. The van der Waals surface area contributed by atoms with Crippen LogP contribution in [0.4, 0.5) is 0 Å². The van der Waals surface area contributed by atoms with E-state index < -0.39 is 0 Å². The molecule has 2 unspecified atom stereocenters. The Labute approximate surface area is 110 Å². The first-order chi connectivity index (χ1) is 8.47. The summed E-state index contributed by atoms with van der Waals surface area (Å²) in [5.74, 6) is 0.102. The van der Waals surface area contributed by atoms with Gasteiger partial charge in [-0.2, -0.15) is 5.26 Å². The maximum atomic E-state index is 12.4. The molecule has 1 saturated heterocycles. The highest BCUT2D eigenvalue weighted by molar-refractivity contribution is 5.82. The quantitative estimate of drug-likeness (QED) is 0.726. The minimum absolute atomic E-state index is 0.102. The third kappa shape index (κ3) is 3.69. The molecule has 1 aliphatic heterocycles. The zero-order chi connectivity index (χ0) is 13.7. The number of likely N-dealkylation sites (N-methyl/N-ethyl adjacent to an activating group) is 2. The Morgan fingerprint density at radius 1 is 1.50 bits per heavy atom. The number of carbonyl (C=O) groups excluding carboxylic acids is 1. The molecule has 1 rings (SSSR count). The highest BCUT2D eigenvalue weighted by Gasteiger charge is 2.33. The number of carbonyl (C=O) groups is 1. The molecule has 0 bridgehead atoms. The summed E-state index contributed by atoms with van der Waals surface area (Å²) in [6.07, 6.45) is 1.25. The second-order valence-electron chi connectivity index (χ2n) is 5.31. The van der Waals surface area contributed by atoms with Crippen LogP contribution in [-0.2, 0) is 4.79 Å². The van der Waals surface area contributed by atoms with Crippen molar-refractivity contribution in [3.05, 3.63) is 0 Å². The fourth-order valence-corrected chi connectivity index (χ4v) is 2.21. The molecule has 1 amide bonds. The monoisotopic (exact) mass is 252 g/mol. The zero-order valence-corrected chi connectivity index (χ0v) is 11.9. The van der Waals surface area contributed by atoms with E-state index in [-0.39, 0.29) is 18.4 Å². The van der Waals surface area contributed by atoms with Crippen molar-refractivity contribution in [1.82, 2.24) is 14.7 Å². The van der Waals surface area contributed by atoms with E-state index in [4.69, 9.17) is 5.26 Å². The fourth-order valence-electron chi connectivity index (χ4n) is 2.21. The number of nitrogens with zero attached hydrogens (tertiary/aromatic N) is 4. The summed E-state index contributed by atoms with van der Waals surface area (Å²) in [6.45, 7) is 4.52. The number of amides is 1. The van der Waals surface area contributed by atoms with Crippen LogP contribution in [0.25, 0.3) is 0 Å². The van der Waals surface area contributed by atoms with Gasteiger partial charge in [0.15, 0.2) is 0 Å². The van der Waals surface area contributed by atoms with Crippen molar-refractivity contribution < 1.29 is 4.79 Å². The first kappa shape index (κ1) is 14.9. The van der Waals surface area contributed by atoms with Gasteiger partial charge in [-0.1, -0.05) is 0 Å². The van der Waals surface area contributed by atoms with Gasteiger partial charge in [-0.15, -0.1) is 0 Å². The summed E-state index contributed by atoms with van der Waals surface area (Å²) in [5.41, 5.74) is 0. The molecule has 0 spiro atoms. The Bertz CT molecular complexity index is 321. The van der Waals surface area contributed by atoms with Gasteiger partial charge in [0.2, 0.25) is 5.91 Å². The van der Waals surface area contributed by atoms with Crippen LogP contribution in [0, 0.1) is 11.3 Å². The van der Waals surface area contributed by atoms with E-state index in [0.717, 1.165) is 26.1 Å². The molecule has 0 aromatic carbocycles. The third-order valence-electron chi connectivity index (χ3n) is 3.70. The number of hydrogen-bond donors (Lipinski definition) is 0. The van der Waals surface area contributed by atoms with Crippen LogP contribution in [0.2, 0.25) is 0 Å². The maximum absolute atomic E-state index is 12.4. The molecule has 5 nitrogen and oxygen atoms in total. The van der Waals surface area contributed by atoms with Crippen molar-refractivity contribution in [1.29, 1.82) is 5.26 Å². The lowest BCUT2D eigenvalue weighted by molar-refractivity contribution is -0.135. The highest BCUT2D eigenvalue weighted by atomic mass is 16.2. The lowest BCUT2D eigenvalue weighted by Crippen LogP contribution is -2.47. The summed E-state index contributed by atoms with van der Waals surface area (Å²) in [5, 5.41) is 8.88. The van der Waals surface area contributed by atoms with Gasteiger partial charge in [0.05, 0.1) is 12.5 Å². The van der Waals surface area contributed by atoms with E-state index in [9.17, 15) is 4.79 Å². The van der Waals surface area contributed by atoms with Crippen molar-refractivity contribution in [2.45, 2.75) is 31.8 Å². The summed E-state index contributed by atoms with van der Waals surface area (Å²) in [4.78, 5) is 18.4. The molecule has 102 valence electrons. The molecule has 1 heterocycles. The number of hydrogen-bond acceptors (Lipinski definition) is 4. The summed E-state index contributed by atoms with van der Waals surface area (Å²) in [7, 11) is 5.95. The van der Waals surface area contributed by atoms with Crippen molar-refractivity contribution in [3.63, 3.8) is 0 Å². The standard InChI is InChI=1S/C13H24N4O/c1-11-6-8-17(10-9-15(2)3)13(18)12(5-7-14)16(11)4/h11-12H,5-6,8-10H2,1-4H3. The average Bonchev–Trinajstić information content (AvgIpc) is 2.41. The Morgan fingerprint density at radius 3 is 2.72 bits per heavy atom. The second-order valence-corrected chi connectivity index (χ2v) is 5.31. The predicted molar refractivity (Wildman–Crippen MR) is 71.0 cm³/mol. The Balaban J connectivity index is 2.75. The van der Waals surface area contributed by atoms with Crippen molar-refractivity contribution >= 4 is 5.91 Å². The average molecular weight is 252 g/mol. The molecule has 0 aromatic rings. The largest absolute Gasteiger partial charge is 0.340 e. The van der Waals surface area contributed by atoms with E-state index in [0.29, 0.717) is 6.04 Å². The first-order valence-corrected chi connectivity index (χ1v) is 6.49. The zero-order valence-electron chi connectivity index (χ0n) is 11.9. The van der Waals surface area contributed by atoms with E-state index in [1.165, 1.54) is 0 Å². The van der Waals surface area contributed by atoms with Gasteiger partial charge in [0.25, 0.3) is 0 Å². The molecule has 5 heteroatoms. The van der Waals surface area contributed by atoms with Gasteiger partial charge in [0, 0.05) is 25.7 Å². The summed E-state index contributed by atoms with van der Waals surface area (Å²) in [6, 6.07) is 2.19. The SMILES string of the molecule is CC1CCN(CCN(C)C)C(=O)C(CC#N)N1C. The molecule has 1 fully saturated rings. The number of nitriles is 1. The Kier molecular flexibility index (Phi) is 5.57. The molecule has 0 N–H and O–H groups in total. The normalized spacial score (nSPS) is 26.2. The molecule has 0 aliphatic carbocycles. The van der Waals surface area contributed by atoms with E-state index in [1.54, 1.807) is 0 Å². The van der Waals surface area contributed by atoms with Gasteiger partial charge >= 0.3 is 0 Å². The van der Waals surface area contributed by atoms with Crippen LogP contribution in [0.1, 0.15) is 19.8 Å². The molecular weight excluding hydrogens is 228 g/mol. The number of rotatable bonds is 4. The van der Waals surface area contributed by atoms with Crippen LogP contribution in [-0.4, -0.2) is 73.5 Å².